The number of anilines is 1. The van der Waals surface area contributed by atoms with Gasteiger partial charge in [-0.05, 0) is 81.1 Å². The van der Waals surface area contributed by atoms with Gasteiger partial charge in [0.2, 0.25) is 5.91 Å². The van der Waals surface area contributed by atoms with Gasteiger partial charge in [-0.1, -0.05) is 11.6 Å². The van der Waals surface area contributed by atoms with Gasteiger partial charge >= 0.3 is 0 Å². The van der Waals surface area contributed by atoms with Gasteiger partial charge in [-0.3, -0.25) is 4.79 Å². The van der Waals surface area contributed by atoms with E-state index in [9.17, 15) is 4.79 Å². The highest BCUT2D eigenvalue weighted by Crippen LogP contribution is 2.27. The van der Waals surface area contributed by atoms with E-state index in [-0.39, 0.29) is 11.2 Å². The number of carbonyl (C=O) groups excluding carboxylic acids is 1. The van der Waals surface area contributed by atoms with Crippen molar-refractivity contribution in [1.82, 2.24) is 0 Å². The molecule has 2 aromatic rings. The summed E-state index contributed by atoms with van der Waals surface area (Å²) in [4.78, 5) is 13.4. The van der Waals surface area contributed by atoms with Crippen LogP contribution in [0.25, 0.3) is 0 Å². The molecule has 132 valence electrons. The van der Waals surface area contributed by atoms with Crippen LogP contribution < -0.4 is 10.1 Å². The van der Waals surface area contributed by atoms with Crippen LogP contribution in [0.3, 0.4) is 0 Å². The number of halogens is 1. The Hall–Kier alpha value is -1.65. The average Bonchev–Trinajstić information content (AvgIpc) is 3.11. The molecule has 0 radical (unpaired) electrons. The van der Waals surface area contributed by atoms with E-state index in [2.05, 4.69) is 5.32 Å². The molecular weight excluding hydrogens is 354 g/mol. The van der Waals surface area contributed by atoms with Gasteiger partial charge in [-0.25, -0.2) is 0 Å². The topological polar surface area (TPSA) is 38.3 Å². The molecule has 0 spiro atoms. The quantitative estimate of drug-likeness (QED) is 0.650. The van der Waals surface area contributed by atoms with Crippen molar-refractivity contribution in [1.29, 1.82) is 0 Å². The summed E-state index contributed by atoms with van der Waals surface area (Å²) in [6.07, 6.45) is 5.12. The molecule has 1 unspecified atom stereocenters. The maximum absolute atomic E-state index is 12.4. The van der Waals surface area contributed by atoms with Crippen LogP contribution in [0.4, 0.5) is 5.69 Å². The minimum atomic E-state index is -0.199. The van der Waals surface area contributed by atoms with Crippen LogP contribution in [0.2, 0.25) is 5.02 Å². The summed E-state index contributed by atoms with van der Waals surface area (Å²) in [6, 6.07) is 15.1. The Balaban J connectivity index is 1.51. The van der Waals surface area contributed by atoms with Crippen molar-refractivity contribution in [3.63, 3.8) is 0 Å². The van der Waals surface area contributed by atoms with Crippen molar-refractivity contribution in [2.24, 2.45) is 0 Å². The lowest BCUT2D eigenvalue weighted by Crippen LogP contribution is -2.22. The van der Waals surface area contributed by atoms with Gasteiger partial charge < -0.3 is 10.1 Å². The molecule has 1 amide bonds. The molecule has 25 heavy (non-hydrogen) atoms. The van der Waals surface area contributed by atoms with E-state index < -0.39 is 0 Å². The van der Waals surface area contributed by atoms with Gasteiger partial charge in [-0.15, -0.1) is 11.8 Å². The van der Waals surface area contributed by atoms with Crippen LogP contribution in [0.15, 0.2) is 53.4 Å². The molecule has 2 aromatic carbocycles. The molecule has 0 aliphatic heterocycles. The maximum Gasteiger partial charge on any atom is 0.237 e. The molecule has 1 aliphatic carbocycles. The highest BCUT2D eigenvalue weighted by atomic mass is 35.5. The molecule has 5 heteroatoms. The summed E-state index contributed by atoms with van der Waals surface area (Å²) in [7, 11) is 0. The number of ether oxygens (including phenoxy) is 1. The van der Waals surface area contributed by atoms with E-state index in [1.807, 2.05) is 55.5 Å². The third kappa shape index (κ3) is 5.41. The number of nitrogens with one attached hydrogen (secondary N) is 1. The van der Waals surface area contributed by atoms with E-state index in [0.29, 0.717) is 11.1 Å². The Labute approximate surface area is 158 Å². The predicted octanol–water partition coefficient (Wildman–Crippen LogP) is 5.78. The fourth-order valence-electron chi connectivity index (χ4n) is 2.83. The zero-order chi connectivity index (χ0) is 17.6. The third-order valence-corrected chi connectivity index (χ3v) is 5.59. The Kier molecular flexibility index (Phi) is 6.27. The SMILES string of the molecule is CC(Sc1ccc(Cl)cc1)C(=O)Nc1ccc(OC2CCCC2)cc1. The fraction of sp³-hybridized carbons (Fsp3) is 0.350. The Morgan fingerprint density at radius 2 is 1.76 bits per heavy atom. The fourth-order valence-corrected chi connectivity index (χ4v) is 3.82. The normalized spacial score (nSPS) is 15.8. The Bertz CT molecular complexity index is 697. The van der Waals surface area contributed by atoms with Crippen LogP contribution in [0.5, 0.6) is 5.75 Å². The minimum absolute atomic E-state index is 0.0237. The average molecular weight is 376 g/mol. The third-order valence-electron chi connectivity index (χ3n) is 4.22. The second-order valence-electron chi connectivity index (χ2n) is 6.25. The molecule has 1 aliphatic rings. The minimum Gasteiger partial charge on any atom is -0.490 e. The van der Waals surface area contributed by atoms with Crippen molar-refractivity contribution < 1.29 is 9.53 Å². The molecule has 0 bridgehead atoms. The lowest BCUT2D eigenvalue weighted by atomic mass is 10.2. The number of hydrogen-bond acceptors (Lipinski definition) is 3. The molecular formula is C20H22ClNO2S. The van der Waals surface area contributed by atoms with Crippen LogP contribution >= 0.6 is 23.4 Å². The molecule has 1 N–H and O–H groups in total. The second kappa shape index (κ2) is 8.63. The molecule has 0 heterocycles. The van der Waals surface area contributed by atoms with Crippen molar-refractivity contribution in [2.45, 2.75) is 48.9 Å². The first-order valence-corrected chi connectivity index (χ1v) is 9.86. The molecule has 3 rings (SSSR count). The summed E-state index contributed by atoms with van der Waals surface area (Å²) >= 11 is 7.39. The molecule has 1 fully saturated rings. The van der Waals surface area contributed by atoms with Crippen LogP contribution in [-0.4, -0.2) is 17.3 Å². The van der Waals surface area contributed by atoms with Gasteiger partial charge in [0, 0.05) is 15.6 Å². The van der Waals surface area contributed by atoms with Crippen molar-refractivity contribution >= 4 is 35.0 Å². The number of carbonyl (C=O) groups is 1. The number of rotatable bonds is 6. The van der Waals surface area contributed by atoms with E-state index in [0.717, 1.165) is 29.2 Å². The second-order valence-corrected chi connectivity index (χ2v) is 8.10. The first-order valence-electron chi connectivity index (χ1n) is 8.60. The van der Waals surface area contributed by atoms with Gasteiger partial charge in [0.1, 0.15) is 5.75 Å². The van der Waals surface area contributed by atoms with Gasteiger partial charge in [0.25, 0.3) is 0 Å². The zero-order valence-corrected chi connectivity index (χ0v) is 15.8. The largest absolute Gasteiger partial charge is 0.490 e. The van der Waals surface area contributed by atoms with Crippen molar-refractivity contribution in [2.75, 3.05) is 5.32 Å². The number of benzene rings is 2. The molecule has 0 saturated heterocycles. The summed E-state index contributed by atoms with van der Waals surface area (Å²) < 4.78 is 5.94. The van der Waals surface area contributed by atoms with E-state index in [1.165, 1.54) is 24.6 Å². The first-order chi connectivity index (χ1) is 12.1. The monoisotopic (exact) mass is 375 g/mol. The number of thioether (sulfide) groups is 1. The van der Waals surface area contributed by atoms with Gasteiger partial charge in [-0.2, -0.15) is 0 Å². The highest BCUT2D eigenvalue weighted by molar-refractivity contribution is 8.00. The summed E-state index contributed by atoms with van der Waals surface area (Å²) in [5, 5.41) is 3.45. The molecule has 0 aromatic heterocycles. The lowest BCUT2D eigenvalue weighted by Gasteiger charge is -2.14. The standard InChI is InChI=1S/C20H22ClNO2S/c1-14(25-19-12-6-15(21)7-13-19)20(23)22-16-8-10-18(11-9-16)24-17-4-2-3-5-17/h6-14,17H,2-5H2,1H3,(H,22,23). The Morgan fingerprint density at radius 3 is 2.40 bits per heavy atom. The molecule has 3 nitrogen and oxygen atoms in total. The van der Waals surface area contributed by atoms with E-state index in [1.54, 1.807) is 0 Å². The number of hydrogen-bond donors (Lipinski definition) is 1. The number of amides is 1. The summed E-state index contributed by atoms with van der Waals surface area (Å²) in [6.45, 7) is 1.90. The molecule has 1 atom stereocenters. The van der Waals surface area contributed by atoms with Crippen molar-refractivity contribution in [3.8, 4) is 5.75 Å². The summed E-state index contributed by atoms with van der Waals surface area (Å²) in [5.41, 5.74) is 0.785. The maximum atomic E-state index is 12.4. The van der Waals surface area contributed by atoms with Gasteiger partial charge in [0.15, 0.2) is 0 Å². The zero-order valence-electron chi connectivity index (χ0n) is 14.2. The van der Waals surface area contributed by atoms with E-state index >= 15 is 0 Å². The van der Waals surface area contributed by atoms with Crippen LogP contribution in [0, 0.1) is 0 Å². The van der Waals surface area contributed by atoms with Gasteiger partial charge in [0.05, 0.1) is 11.4 Å². The van der Waals surface area contributed by atoms with Crippen molar-refractivity contribution in [3.05, 3.63) is 53.6 Å². The predicted molar refractivity (Wildman–Crippen MR) is 105 cm³/mol. The van der Waals surface area contributed by atoms with Crippen LogP contribution in [0.1, 0.15) is 32.6 Å². The first kappa shape index (κ1) is 18.2. The molecule has 1 saturated carbocycles. The Morgan fingerprint density at radius 1 is 1.12 bits per heavy atom. The van der Waals surface area contributed by atoms with E-state index in [4.69, 9.17) is 16.3 Å². The smallest absolute Gasteiger partial charge is 0.237 e. The lowest BCUT2D eigenvalue weighted by molar-refractivity contribution is -0.115. The summed E-state index contributed by atoms with van der Waals surface area (Å²) in [5.74, 6) is 0.845. The highest BCUT2D eigenvalue weighted by Gasteiger charge is 2.17. The van der Waals surface area contributed by atoms with Crippen LogP contribution in [-0.2, 0) is 4.79 Å².